The lowest BCUT2D eigenvalue weighted by atomic mass is 10.1. The van der Waals surface area contributed by atoms with Crippen LogP contribution in [0.2, 0.25) is 0 Å². The minimum Gasteiger partial charge on any atom is -0.306 e. The average Bonchev–Trinajstić information content (AvgIpc) is 2.52. The molecule has 0 saturated carbocycles. The standard InChI is InChI=1S/C10H7BrN2O/c11-7-3-4-8-9-6(7)2-1-5-13(9)10(14)12-8/h1-4H,5H2,(H,12,14). The van der Waals surface area contributed by atoms with Crippen LogP contribution < -0.4 is 5.69 Å². The summed E-state index contributed by atoms with van der Waals surface area (Å²) in [6, 6.07) is 3.87. The molecule has 0 fully saturated rings. The molecule has 1 aliphatic rings. The van der Waals surface area contributed by atoms with Crippen molar-refractivity contribution in [2.45, 2.75) is 6.54 Å². The number of benzene rings is 1. The monoisotopic (exact) mass is 250 g/mol. The van der Waals surface area contributed by atoms with Gasteiger partial charge in [-0.1, -0.05) is 28.1 Å². The van der Waals surface area contributed by atoms with E-state index in [2.05, 4.69) is 20.9 Å². The fraction of sp³-hybridized carbons (Fsp3) is 0.100. The highest BCUT2D eigenvalue weighted by molar-refractivity contribution is 9.10. The molecule has 0 aliphatic carbocycles. The van der Waals surface area contributed by atoms with E-state index in [-0.39, 0.29) is 5.69 Å². The lowest BCUT2D eigenvalue weighted by Crippen LogP contribution is -2.17. The average molecular weight is 251 g/mol. The third-order valence-corrected chi connectivity index (χ3v) is 3.18. The molecule has 1 aliphatic heterocycles. The number of hydrogen-bond donors (Lipinski definition) is 1. The van der Waals surface area contributed by atoms with Crippen LogP contribution in [0.4, 0.5) is 0 Å². The molecule has 0 radical (unpaired) electrons. The van der Waals surface area contributed by atoms with E-state index >= 15 is 0 Å². The highest BCUT2D eigenvalue weighted by Gasteiger charge is 2.13. The van der Waals surface area contributed by atoms with Gasteiger partial charge in [0.15, 0.2) is 0 Å². The molecule has 1 N–H and O–H groups in total. The Balaban J connectivity index is 2.63. The number of nitrogens with zero attached hydrogens (tertiary/aromatic N) is 1. The van der Waals surface area contributed by atoms with Crippen LogP contribution >= 0.6 is 15.9 Å². The van der Waals surface area contributed by atoms with Crippen LogP contribution in [-0.2, 0) is 6.54 Å². The first-order valence-electron chi connectivity index (χ1n) is 4.35. The molecule has 0 unspecified atom stereocenters. The minimum atomic E-state index is -0.0382. The molecule has 4 heteroatoms. The van der Waals surface area contributed by atoms with E-state index in [1.54, 1.807) is 4.57 Å². The van der Waals surface area contributed by atoms with Gasteiger partial charge in [0, 0.05) is 16.6 Å². The van der Waals surface area contributed by atoms with Gasteiger partial charge in [-0.15, -0.1) is 0 Å². The number of aromatic nitrogens is 2. The molecule has 2 heterocycles. The lowest BCUT2D eigenvalue weighted by molar-refractivity contribution is 0.804. The van der Waals surface area contributed by atoms with Crippen molar-refractivity contribution in [3.63, 3.8) is 0 Å². The van der Waals surface area contributed by atoms with Crippen molar-refractivity contribution in [1.82, 2.24) is 9.55 Å². The zero-order valence-electron chi connectivity index (χ0n) is 7.25. The van der Waals surface area contributed by atoms with Crippen molar-refractivity contribution >= 4 is 33.0 Å². The van der Waals surface area contributed by atoms with Gasteiger partial charge < -0.3 is 4.98 Å². The zero-order valence-corrected chi connectivity index (χ0v) is 8.84. The largest absolute Gasteiger partial charge is 0.326 e. The Hall–Kier alpha value is -1.29. The molecule has 3 rings (SSSR count). The highest BCUT2D eigenvalue weighted by atomic mass is 79.9. The molecule has 2 aromatic rings. The number of allylic oxidation sites excluding steroid dienone is 1. The number of nitrogens with one attached hydrogen (secondary N) is 1. The maximum atomic E-state index is 11.5. The van der Waals surface area contributed by atoms with Crippen LogP contribution in [0.1, 0.15) is 5.56 Å². The first kappa shape index (κ1) is 8.05. The van der Waals surface area contributed by atoms with Gasteiger partial charge in [0.1, 0.15) is 0 Å². The number of halogens is 1. The lowest BCUT2D eigenvalue weighted by Gasteiger charge is -2.09. The summed E-state index contributed by atoms with van der Waals surface area (Å²) in [4.78, 5) is 14.4. The SMILES string of the molecule is O=c1[nH]c2ccc(Br)c3c2n1CC=C3. The van der Waals surface area contributed by atoms with E-state index in [1.807, 2.05) is 24.3 Å². The second-order valence-electron chi connectivity index (χ2n) is 3.30. The molecule has 0 saturated heterocycles. The van der Waals surface area contributed by atoms with Crippen molar-refractivity contribution in [1.29, 1.82) is 0 Å². The normalized spacial score (nSPS) is 13.8. The van der Waals surface area contributed by atoms with Crippen molar-refractivity contribution in [2.75, 3.05) is 0 Å². The van der Waals surface area contributed by atoms with Gasteiger partial charge >= 0.3 is 5.69 Å². The molecule has 0 spiro atoms. The minimum absolute atomic E-state index is 0.0382. The van der Waals surface area contributed by atoms with Crippen molar-refractivity contribution in [3.8, 4) is 0 Å². The summed E-state index contributed by atoms with van der Waals surface area (Å²) in [5.41, 5.74) is 2.93. The topological polar surface area (TPSA) is 37.8 Å². The fourth-order valence-corrected chi connectivity index (χ4v) is 2.32. The molecule has 0 amide bonds. The zero-order chi connectivity index (χ0) is 9.71. The van der Waals surface area contributed by atoms with Crippen LogP contribution in [0.5, 0.6) is 0 Å². The van der Waals surface area contributed by atoms with Crippen LogP contribution in [0.25, 0.3) is 17.1 Å². The van der Waals surface area contributed by atoms with E-state index in [0.717, 1.165) is 21.1 Å². The Labute approximate surface area is 88.2 Å². The quantitative estimate of drug-likeness (QED) is 0.765. The maximum absolute atomic E-state index is 11.5. The van der Waals surface area contributed by atoms with Gasteiger partial charge in [0.2, 0.25) is 0 Å². The summed E-state index contributed by atoms with van der Waals surface area (Å²) < 4.78 is 2.77. The van der Waals surface area contributed by atoms with E-state index < -0.39 is 0 Å². The summed E-state index contributed by atoms with van der Waals surface area (Å²) in [6.07, 6.45) is 4.03. The Kier molecular flexibility index (Phi) is 1.50. The van der Waals surface area contributed by atoms with E-state index in [9.17, 15) is 4.79 Å². The number of H-pyrrole nitrogens is 1. The summed E-state index contributed by atoms with van der Waals surface area (Å²) in [5.74, 6) is 0. The molecule has 70 valence electrons. The van der Waals surface area contributed by atoms with Crippen LogP contribution in [-0.4, -0.2) is 9.55 Å². The molecule has 14 heavy (non-hydrogen) atoms. The Morgan fingerprint density at radius 2 is 2.29 bits per heavy atom. The summed E-state index contributed by atoms with van der Waals surface area (Å²) in [5, 5.41) is 0. The van der Waals surface area contributed by atoms with Crippen LogP contribution in [0, 0.1) is 0 Å². The second-order valence-corrected chi connectivity index (χ2v) is 4.15. The summed E-state index contributed by atoms with van der Waals surface area (Å²) in [7, 11) is 0. The number of imidazole rings is 1. The van der Waals surface area contributed by atoms with Gasteiger partial charge in [0.25, 0.3) is 0 Å². The number of aromatic amines is 1. The molecule has 1 aromatic heterocycles. The molecule has 0 atom stereocenters. The van der Waals surface area contributed by atoms with Gasteiger partial charge in [0.05, 0.1) is 11.0 Å². The highest BCUT2D eigenvalue weighted by Crippen LogP contribution is 2.28. The third kappa shape index (κ3) is 0.889. The first-order valence-corrected chi connectivity index (χ1v) is 5.14. The van der Waals surface area contributed by atoms with E-state index in [4.69, 9.17) is 0 Å². The number of hydrogen-bond acceptors (Lipinski definition) is 1. The molecule has 1 aromatic carbocycles. The summed E-state index contributed by atoms with van der Waals surface area (Å²) in [6.45, 7) is 0.655. The molecule has 0 bridgehead atoms. The van der Waals surface area contributed by atoms with E-state index in [1.165, 1.54) is 0 Å². The Morgan fingerprint density at radius 3 is 3.14 bits per heavy atom. The summed E-state index contributed by atoms with van der Waals surface area (Å²) >= 11 is 3.47. The van der Waals surface area contributed by atoms with Crippen LogP contribution in [0.15, 0.2) is 27.5 Å². The number of rotatable bonds is 0. The Morgan fingerprint density at radius 1 is 1.43 bits per heavy atom. The second kappa shape index (κ2) is 2.60. The molecular formula is C10H7BrN2O. The molecule has 3 nitrogen and oxygen atoms in total. The van der Waals surface area contributed by atoms with Crippen molar-refractivity contribution in [3.05, 3.63) is 38.7 Å². The third-order valence-electron chi connectivity index (χ3n) is 2.49. The smallest absolute Gasteiger partial charge is 0.306 e. The van der Waals surface area contributed by atoms with Gasteiger partial charge in [-0.3, -0.25) is 4.57 Å². The first-order chi connectivity index (χ1) is 6.77. The van der Waals surface area contributed by atoms with E-state index in [0.29, 0.717) is 6.54 Å². The van der Waals surface area contributed by atoms with Crippen molar-refractivity contribution in [2.24, 2.45) is 0 Å². The predicted octanol–water partition coefficient (Wildman–Crippen LogP) is 2.12. The molecular weight excluding hydrogens is 244 g/mol. The van der Waals surface area contributed by atoms with Gasteiger partial charge in [-0.05, 0) is 12.1 Å². The van der Waals surface area contributed by atoms with Gasteiger partial charge in [-0.25, -0.2) is 4.79 Å². The van der Waals surface area contributed by atoms with Gasteiger partial charge in [-0.2, -0.15) is 0 Å². The predicted molar refractivity (Wildman–Crippen MR) is 59.3 cm³/mol. The Bertz CT molecular complexity index is 606. The fourth-order valence-electron chi connectivity index (χ4n) is 1.87. The maximum Gasteiger partial charge on any atom is 0.326 e. The van der Waals surface area contributed by atoms with Crippen LogP contribution in [0.3, 0.4) is 0 Å². The van der Waals surface area contributed by atoms with Crippen molar-refractivity contribution < 1.29 is 0 Å².